The van der Waals surface area contributed by atoms with Crippen molar-refractivity contribution < 1.29 is 9.18 Å². The summed E-state index contributed by atoms with van der Waals surface area (Å²) >= 11 is 0. The monoisotopic (exact) mass is 274 g/mol. The summed E-state index contributed by atoms with van der Waals surface area (Å²) in [6, 6.07) is 5.61. The minimum absolute atomic E-state index is 0.00756. The number of rotatable bonds is 4. The van der Waals surface area contributed by atoms with Crippen molar-refractivity contribution in [2.45, 2.75) is 13.1 Å². The van der Waals surface area contributed by atoms with E-state index >= 15 is 0 Å². The first-order valence-corrected chi connectivity index (χ1v) is 5.71. The number of amides is 1. The first kappa shape index (κ1) is 13.6. The van der Waals surface area contributed by atoms with Crippen LogP contribution in [0.1, 0.15) is 11.3 Å². The molecule has 0 saturated carbocycles. The summed E-state index contributed by atoms with van der Waals surface area (Å²) in [5, 5.41) is 18.5. The number of nitrogens with zero attached hydrogens (tertiary/aromatic N) is 4. The fourth-order valence-electron chi connectivity index (χ4n) is 1.53. The molecule has 1 aromatic carbocycles. The molecule has 1 aromatic heterocycles. The van der Waals surface area contributed by atoms with Gasteiger partial charge < -0.3 is 11.1 Å². The van der Waals surface area contributed by atoms with Gasteiger partial charge in [0.05, 0.1) is 29.2 Å². The third-order valence-corrected chi connectivity index (χ3v) is 2.47. The van der Waals surface area contributed by atoms with Gasteiger partial charge in [0.1, 0.15) is 12.4 Å². The summed E-state index contributed by atoms with van der Waals surface area (Å²) in [7, 11) is 0. The van der Waals surface area contributed by atoms with Crippen LogP contribution in [0.15, 0.2) is 24.4 Å². The Bertz CT molecular complexity index is 675. The van der Waals surface area contributed by atoms with Crippen molar-refractivity contribution in [1.29, 1.82) is 5.26 Å². The molecule has 20 heavy (non-hydrogen) atoms. The third kappa shape index (κ3) is 3.15. The number of nitrogens with two attached hydrogens (primary N) is 1. The highest BCUT2D eigenvalue weighted by molar-refractivity contribution is 5.90. The zero-order chi connectivity index (χ0) is 14.5. The van der Waals surface area contributed by atoms with Gasteiger partial charge in [0.2, 0.25) is 5.91 Å². The molecule has 2 aromatic rings. The summed E-state index contributed by atoms with van der Waals surface area (Å²) < 4.78 is 14.9. The van der Waals surface area contributed by atoms with Gasteiger partial charge in [0.25, 0.3) is 0 Å². The number of benzene rings is 1. The van der Waals surface area contributed by atoms with Gasteiger partial charge in [-0.25, -0.2) is 9.07 Å². The second-order valence-corrected chi connectivity index (χ2v) is 3.97. The van der Waals surface area contributed by atoms with Gasteiger partial charge >= 0.3 is 0 Å². The van der Waals surface area contributed by atoms with Gasteiger partial charge in [-0.05, 0) is 18.2 Å². The lowest BCUT2D eigenvalue weighted by Crippen LogP contribution is -2.19. The normalized spacial score (nSPS) is 10.1. The van der Waals surface area contributed by atoms with Crippen molar-refractivity contribution in [3.63, 3.8) is 0 Å². The Morgan fingerprint density at radius 3 is 2.95 bits per heavy atom. The van der Waals surface area contributed by atoms with Crippen LogP contribution in [-0.2, 0) is 17.9 Å². The van der Waals surface area contributed by atoms with Crippen molar-refractivity contribution >= 4 is 11.6 Å². The van der Waals surface area contributed by atoms with Crippen molar-refractivity contribution in [3.05, 3.63) is 41.5 Å². The molecule has 0 unspecified atom stereocenters. The first-order chi connectivity index (χ1) is 9.62. The molecule has 1 heterocycles. The quantitative estimate of drug-likeness (QED) is 0.837. The summed E-state index contributed by atoms with van der Waals surface area (Å²) in [5.74, 6) is -1.12. The van der Waals surface area contributed by atoms with Gasteiger partial charge in [-0.1, -0.05) is 5.21 Å². The summed E-state index contributed by atoms with van der Waals surface area (Å²) in [5.41, 5.74) is 6.12. The van der Waals surface area contributed by atoms with Gasteiger partial charge in [-0.2, -0.15) is 5.26 Å². The Morgan fingerprint density at radius 2 is 2.35 bits per heavy atom. The average Bonchev–Trinajstić information content (AvgIpc) is 2.88. The Balaban J connectivity index is 2.03. The lowest BCUT2D eigenvalue weighted by atomic mass is 10.2. The van der Waals surface area contributed by atoms with Crippen LogP contribution >= 0.6 is 0 Å². The van der Waals surface area contributed by atoms with Crippen LogP contribution in [0, 0.1) is 17.1 Å². The number of nitrogens with one attached hydrogen (secondary N) is 1. The second-order valence-electron chi connectivity index (χ2n) is 3.97. The standard InChI is InChI=1S/C12H11FN6O/c13-10-3-8(4-14)1-2-11(10)16-12(20)7-19-6-9(5-15)17-18-19/h1-3,6H,5,7,15H2,(H,16,20). The van der Waals surface area contributed by atoms with Crippen LogP contribution in [-0.4, -0.2) is 20.9 Å². The molecule has 0 saturated heterocycles. The van der Waals surface area contributed by atoms with Gasteiger partial charge in [-0.15, -0.1) is 5.10 Å². The van der Waals surface area contributed by atoms with Crippen LogP contribution in [0.5, 0.6) is 0 Å². The maximum absolute atomic E-state index is 13.6. The SMILES string of the molecule is N#Cc1ccc(NC(=O)Cn2cc(CN)nn2)c(F)c1. The molecule has 8 heteroatoms. The van der Waals surface area contributed by atoms with Crippen LogP contribution in [0.2, 0.25) is 0 Å². The molecule has 7 nitrogen and oxygen atoms in total. The van der Waals surface area contributed by atoms with Gasteiger partial charge in [0.15, 0.2) is 0 Å². The van der Waals surface area contributed by atoms with Crippen molar-refractivity contribution in [1.82, 2.24) is 15.0 Å². The number of hydrogen-bond donors (Lipinski definition) is 2. The van der Waals surface area contributed by atoms with Crippen LogP contribution in [0.4, 0.5) is 10.1 Å². The molecule has 0 radical (unpaired) electrons. The van der Waals surface area contributed by atoms with Gasteiger partial charge in [-0.3, -0.25) is 4.79 Å². The fraction of sp³-hybridized carbons (Fsp3) is 0.167. The van der Waals surface area contributed by atoms with E-state index in [0.29, 0.717) is 5.69 Å². The van der Waals surface area contributed by atoms with E-state index in [1.54, 1.807) is 0 Å². The first-order valence-electron chi connectivity index (χ1n) is 5.71. The van der Waals surface area contributed by atoms with Crippen LogP contribution < -0.4 is 11.1 Å². The predicted molar refractivity (Wildman–Crippen MR) is 67.7 cm³/mol. The summed E-state index contributed by atoms with van der Waals surface area (Å²) in [6.07, 6.45) is 1.54. The number of halogens is 1. The lowest BCUT2D eigenvalue weighted by molar-refractivity contribution is -0.116. The van der Waals surface area contributed by atoms with E-state index in [4.69, 9.17) is 11.0 Å². The molecule has 0 bridgehead atoms. The number of carbonyl (C=O) groups excluding carboxylic acids is 1. The number of nitriles is 1. The van der Waals surface area contributed by atoms with E-state index in [1.165, 1.54) is 23.0 Å². The Hall–Kier alpha value is -2.79. The average molecular weight is 274 g/mol. The topological polar surface area (TPSA) is 110 Å². The molecule has 0 atom stereocenters. The molecule has 0 fully saturated rings. The van der Waals surface area contributed by atoms with Crippen molar-refractivity contribution in [2.24, 2.45) is 5.73 Å². The van der Waals surface area contributed by atoms with Gasteiger partial charge in [0, 0.05) is 6.54 Å². The van der Waals surface area contributed by atoms with E-state index in [1.807, 2.05) is 6.07 Å². The summed E-state index contributed by atoms with van der Waals surface area (Å²) in [6.45, 7) is 0.123. The zero-order valence-corrected chi connectivity index (χ0v) is 10.4. The molecule has 102 valence electrons. The summed E-state index contributed by atoms with van der Waals surface area (Å²) in [4.78, 5) is 11.7. The molecular formula is C12H11FN6O. The van der Waals surface area contributed by atoms with E-state index in [-0.39, 0.29) is 24.3 Å². The number of hydrogen-bond acceptors (Lipinski definition) is 5. The van der Waals surface area contributed by atoms with Crippen molar-refractivity contribution in [2.75, 3.05) is 5.32 Å². The molecule has 0 aliphatic heterocycles. The van der Waals surface area contributed by atoms with Crippen LogP contribution in [0.3, 0.4) is 0 Å². The second kappa shape index (κ2) is 5.90. The molecule has 2 rings (SSSR count). The van der Waals surface area contributed by atoms with E-state index in [0.717, 1.165) is 6.07 Å². The Morgan fingerprint density at radius 1 is 1.55 bits per heavy atom. The highest BCUT2D eigenvalue weighted by atomic mass is 19.1. The number of anilines is 1. The molecular weight excluding hydrogens is 263 g/mol. The number of carbonyl (C=O) groups is 1. The maximum atomic E-state index is 13.6. The minimum Gasteiger partial charge on any atom is -0.325 e. The fourth-order valence-corrected chi connectivity index (χ4v) is 1.53. The largest absolute Gasteiger partial charge is 0.325 e. The minimum atomic E-state index is -0.668. The van der Waals surface area contributed by atoms with E-state index in [2.05, 4.69) is 15.6 Å². The zero-order valence-electron chi connectivity index (χ0n) is 10.4. The smallest absolute Gasteiger partial charge is 0.246 e. The molecule has 0 aliphatic carbocycles. The number of aromatic nitrogens is 3. The molecule has 0 aliphatic rings. The third-order valence-electron chi connectivity index (χ3n) is 2.47. The Labute approximate surface area is 113 Å². The highest BCUT2D eigenvalue weighted by Crippen LogP contribution is 2.15. The van der Waals surface area contributed by atoms with E-state index < -0.39 is 11.7 Å². The highest BCUT2D eigenvalue weighted by Gasteiger charge is 2.09. The lowest BCUT2D eigenvalue weighted by Gasteiger charge is -2.06. The molecule has 3 N–H and O–H groups in total. The van der Waals surface area contributed by atoms with Crippen molar-refractivity contribution in [3.8, 4) is 6.07 Å². The predicted octanol–water partition coefficient (Wildman–Crippen LogP) is 0.386. The molecule has 1 amide bonds. The Kier molecular flexibility index (Phi) is 4.02. The molecule has 0 spiro atoms. The maximum Gasteiger partial charge on any atom is 0.246 e. The van der Waals surface area contributed by atoms with Crippen LogP contribution in [0.25, 0.3) is 0 Å². The van der Waals surface area contributed by atoms with E-state index in [9.17, 15) is 9.18 Å².